The lowest BCUT2D eigenvalue weighted by Gasteiger charge is -2.30. The number of anilines is 2. The highest BCUT2D eigenvalue weighted by Gasteiger charge is 2.20. The topological polar surface area (TPSA) is 119 Å². The van der Waals surface area contributed by atoms with Crippen molar-refractivity contribution in [1.29, 1.82) is 0 Å². The first kappa shape index (κ1) is 19.1. The summed E-state index contributed by atoms with van der Waals surface area (Å²) in [5.41, 5.74) is 2.07. The standard InChI is InChI=1S/C18H22N4O4S/c19-27(25,26)18-12-15(22(23)24)8-9-16(18)20-13-14-6-2-3-7-17(14)21-10-4-1-5-11-21/h2-3,6-9,12,20H,1,4-5,10-11,13H2,(H2,19,25,26). The van der Waals surface area contributed by atoms with Gasteiger partial charge in [-0.2, -0.15) is 0 Å². The average Bonchev–Trinajstić information content (AvgIpc) is 2.66. The van der Waals surface area contributed by atoms with Crippen LogP contribution >= 0.6 is 0 Å². The summed E-state index contributed by atoms with van der Waals surface area (Å²) in [5, 5.41) is 19.3. The number of piperidine rings is 1. The molecule has 0 spiro atoms. The van der Waals surface area contributed by atoms with Crippen molar-refractivity contribution in [2.45, 2.75) is 30.7 Å². The van der Waals surface area contributed by atoms with E-state index in [0.717, 1.165) is 43.2 Å². The van der Waals surface area contributed by atoms with Gasteiger partial charge in [-0.15, -0.1) is 0 Å². The molecule has 0 atom stereocenters. The fraction of sp³-hybridized carbons (Fsp3) is 0.333. The van der Waals surface area contributed by atoms with Gasteiger partial charge < -0.3 is 10.2 Å². The number of nitrogens with zero attached hydrogens (tertiary/aromatic N) is 2. The van der Waals surface area contributed by atoms with Gasteiger partial charge in [0.05, 0.1) is 10.6 Å². The fourth-order valence-corrected chi connectivity index (χ4v) is 4.03. The van der Waals surface area contributed by atoms with E-state index in [9.17, 15) is 18.5 Å². The van der Waals surface area contributed by atoms with Crippen LogP contribution in [0.3, 0.4) is 0 Å². The normalized spacial score (nSPS) is 14.8. The van der Waals surface area contributed by atoms with Gasteiger partial charge in [0.2, 0.25) is 10.0 Å². The predicted octanol–water partition coefficient (Wildman–Crippen LogP) is 2.84. The molecule has 1 aliphatic heterocycles. The zero-order valence-electron chi connectivity index (χ0n) is 14.8. The minimum absolute atomic E-state index is 0.247. The number of nitro benzene ring substituents is 1. The number of para-hydroxylation sites is 1. The summed E-state index contributed by atoms with van der Waals surface area (Å²) in [7, 11) is -4.10. The molecule has 0 bridgehead atoms. The Bertz CT molecular complexity index is 940. The smallest absolute Gasteiger partial charge is 0.270 e. The highest BCUT2D eigenvalue weighted by molar-refractivity contribution is 7.89. The molecule has 0 unspecified atom stereocenters. The summed E-state index contributed by atoms with van der Waals surface area (Å²) in [6.07, 6.45) is 3.54. The fourth-order valence-electron chi connectivity index (χ4n) is 3.30. The minimum atomic E-state index is -4.10. The van der Waals surface area contributed by atoms with Gasteiger partial charge in [0, 0.05) is 37.5 Å². The molecule has 2 aromatic rings. The molecule has 1 aliphatic rings. The molecule has 27 heavy (non-hydrogen) atoms. The van der Waals surface area contributed by atoms with Crippen molar-refractivity contribution in [1.82, 2.24) is 0 Å². The first-order valence-corrected chi connectivity index (χ1v) is 10.3. The van der Waals surface area contributed by atoms with Crippen molar-refractivity contribution in [2.75, 3.05) is 23.3 Å². The molecule has 3 N–H and O–H groups in total. The molecule has 9 heteroatoms. The van der Waals surface area contributed by atoms with Gasteiger partial charge >= 0.3 is 0 Å². The molecule has 0 radical (unpaired) electrons. The SMILES string of the molecule is NS(=O)(=O)c1cc([N+](=O)[O-])ccc1NCc1ccccc1N1CCCCC1. The van der Waals surface area contributed by atoms with Gasteiger partial charge in [-0.1, -0.05) is 18.2 Å². The van der Waals surface area contributed by atoms with Crippen LogP contribution in [0.5, 0.6) is 0 Å². The largest absolute Gasteiger partial charge is 0.380 e. The maximum absolute atomic E-state index is 11.9. The van der Waals surface area contributed by atoms with Crippen molar-refractivity contribution < 1.29 is 13.3 Å². The second-order valence-electron chi connectivity index (χ2n) is 6.51. The number of non-ortho nitro benzene ring substituents is 1. The van der Waals surface area contributed by atoms with Crippen LogP contribution in [-0.2, 0) is 16.6 Å². The summed E-state index contributed by atoms with van der Waals surface area (Å²) >= 11 is 0. The highest BCUT2D eigenvalue weighted by atomic mass is 32.2. The van der Waals surface area contributed by atoms with Crippen LogP contribution < -0.4 is 15.4 Å². The number of nitrogens with two attached hydrogens (primary N) is 1. The molecule has 1 saturated heterocycles. The highest BCUT2D eigenvalue weighted by Crippen LogP contribution is 2.28. The van der Waals surface area contributed by atoms with Crippen molar-refractivity contribution in [2.24, 2.45) is 5.14 Å². The molecule has 0 aliphatic carbocycles. The molecular weight excluding hydrogens is 368 g/mol. The van der Waals surface area contributed by atoms with Gasteiger partial charge in [0.25, 0.3) is 5.69 Å². The van der Waals surface area contributed by atoms with Gasteiger partial charge in [0.15, 0.2) is 0 Å². The number of primary sulfonamides is 1. The zero-order valence-corrected chi connectivity index (χ0v) is 15.6. The van der Waals surface area contributed by atoms with E-state index in [0.29, 0.717) is 6.54 Å². The number of sulfonamides is 1. The lowest BCUT2D eigenvalue weighted by Crippen LogP contribution is -2.30. The van der Waals surface area contributed by atoms with Crippen LogP contribution in [0.15, 0.2) is 47.4 Å². The zero-order chi connectivity index (χ0) is 19.4. The Kier molecular flexibility index (Phi) is 5.62. The number of nitro groups is 1. The number of rotatable bonds is 6. The van der Waals surface area contributed by atoms with Gasteiger partial charge in [0.1, 0.15) is 4.90 Å². The lowest BCUT2D eigenvalue weighted by atomic mass is 10.1. The molecule has 2 aromatic carbocycles. The lowest BCUT2D eigenvalue weighted by molar-refractivity contribution is -0.385. The first-order valence-electron chi connectivity index (χ1n) is 8.74. The average molecular weight is 390 g/mol. The number of nitrogens with one attached hydrogen (secondary N) is 1. The second-order valence-corrected chi connectivity index (χ2v) is 8.04. The number of hydrogen-bond acceptors (Lipinski definition) is 6. The maximum atomic E-state index is 11.9. The van der Waals surface area contributed by atoms with E-state index >= 15 is 0 Å². The molecule has 0 amide bonds. The molecule has 1 fully saturated rings. The Morgan fingerprint density at radius 3 is 2.48 bits per heavy atom. The minimum Gasteiger partial charge on any atom is -0.380 e. The summed E-state index contributed by atoms with van der Waals surface area (Å²) in [6, 6.07) is 11.6. The molecule has 0 saturated carbocycles. The molecule has 144 valence electrons. The predicted molar refractivity (Wildman–Crippen MR) is 104 cm³/mol. The van der Waals surface area contributed by atoms with E-state index in [4.69, 9.17) is 5.14 Å². The molecular formula is C18H22N4O4S. The van der Waals surface area contributed by atoms with E-state index in [-0.39, 0.29) is 16.3 Å². The van der Waals surface area contributed by atoms with Crippen LogP contribution in [0.4, 0.5) is 17.1 Å². The van der Waals surface area contributed by atoms with Gasteiger partial charge in [-0.25, -0.2) is 13.6 Å². The van der Waals surface area contributed by atoms with Crippen LogP contribution in [-0.4, -0.2) is 26.4 Å². The third kappa shape index (κ3) is 4.55. The van der Waals surface area contributed by atoms with Crippen LogP contribution in [0.25, 0.3) is 0 Å². The van der Waals surface area contributed by atoms with Crippen molar-refractivity contribution in [3.05, 3.63) is 58.1 Å². The molecule has 8 nitrogen and oxygen atoms in total. The van der Waals surface area contributed by atoms with Crippen LogP contribution in [0, 0.1) is 10.1 Å². The quantitative estimate of drug-likeness (QED) is 0.578. The summed E-state index contributed by atoms with van der Waals surface area (Å²) in [4.78, 5) is 12.3. The van der Waals surface area contributed by atoms with Crippen LogP contribution in [0.2, 0.25) is 0 Å². The Hall–Kier alpha value is -2.65. The third-order valence-electron chi connectivity index (χ3n) is 4.64. The first-order chi connectivity index (χ1) is 12.9. The van der Waals surface area contributed by atoms with Crippen molar-refractivity contribution in [3.63, 3.8) is 0 Å². The number of benzene rings is 2. The van der Waals surface area contributed by atoms with E-state index in [1.807, 2.05) is 18.2 Å². The Balaban J connectivity index is 1.86. The monoisotopic (exact) mass is 390 g/mol. The second kappa shape index (κ2) is 7.93. The van der Waals surface area contributed by atoms with E-state index in [1.54, 1.807) is 0 Å². The molecule has 0 aromatic heterocycles. The van der Waals surface area contributed by atoms with Gasteiger partial charge in [-0.3, -0.25) is 10.1 Å². The van der Waals surface area contributed by atoms with E-state index < -0.39 is 14.9 Å². The summed E-state index contributed by atoms with van der Waals surface area (Å²) in [6.45, 7) is 2.38. The third-order valence-corrected chi connectivity index (χ3v) is 5.59. The van der Waals surface area contributed by atoms with E-state index in [2.05, 4.69) is 16.3 Å². The summed E-state index contributed by atoms with van der Waals surface area (Å²) in [5.74, 6) is 0. The van der Waals surface area contributed by atoms with Crippen LogP contribution in [0.1, 0.15) is 24.8 Å². The van der Waals surface area contributed by atoms with Crippen molar-refractivity contribution in [3.8, 4) is 0 Å². The Labute approximate surface area is 158 Å². The van der Waals surface area contributed by atoms with E-state index in [1.165, 1.54) is 18.6 Å². The van der Waals surface area contributed by atoms with Crippen molar-refractivity contribution >= 4 is 27.1 Å². The maximum Gasteiger partial charge on any atom is 0.270 e. The van der Waals surface area contributed by atoms with Gasteiger partial charge in [-0.05, 0) is 37.0 Å². The Morgan fingerprint density at radius 1 is 1.11 bits per heavy atom. The molecule has 1 heterocycles. The summed E-state index contributed by atoms with van der Waals surface area (Å²) < 4.78 is 23.7. The number of hydrogen-bond donors (Lipinski definition) is 2. The molecule has 3 rings (SSSR count). The Morgan fingerprint density at radius 2 is 1.81 bits per heavy atom.